The first-order valence-electron chi connectivity index (χ1n) is 20.6. The van der Waals surface area contributed by atoms with Gasteiger partial charge in [-0.2, -0.15) is 0 Å². The van der Waals surface area contributed by atoms with E-state index in [9.17, 15) is 34.7 Å². The molecule has 0 aliphatic rings. The number of hydrogen-bond acceptors (Lipinski definition) is 8. The van der Waals surface area contributed by atoms with Gasteiger partial charge in [-0.25, -0.2) is 4.57 Å². The highest BCUT2D eigenvalue weighted by Crippen LogP contribution is 2.43. The van der Waals surface area contributed by atoms with Crippen LogP contribution in [0.4, 0.5) is 0 Å². The van der Waals surface area contributed by atoms with Gasteiger partial charge < -0.3 is 35.1 Å². The molecule has 6 atom stereocenters. The molecular weight excluding hydrogens is 719 g/mol. The molecule has 0 heterocycles. The second-order valence-corrected chi connectivity index (χ2v) is 16.7. The Hall–Kier alpha value is -2.18. The van der Waals surface area contributed by atoms with E-state index in [0.717, 1.165) is 25.7 Å². The third kappa shape index (κ3) is 34.8. The van der Waals surface area contributed by atoms with Crippen molar-refractivity contribution in [2.75, 3.05) is 40.9 Å². The molecule has 0 aliphatic carbocycles. The normalized spacial score (nSPS) is 16.9. The number of likely N-dealkylation sites (N-methyl/N-ethyl adjacent to an activating group) is 1. The van der Waals surface area contributed by atoms with Gasteiger partial charge in [0, 0.05) is 6.42 Å². The molecule has 0 aromatic heterocycles. The fourth-order valence-corrected chi connectivity index (χ4v) is 6.06. The molecular formula is C43H78N2O9P+. The van der Waals surface area contributed by atoms with E-state index in [0.29, 0.717) is 17.4 Å². The lowest BCUT2D eigenvalue weighted by Crippen LogP contribution is -2.45. The molecule has 0 bridgehead atoms. The minimum atomic E-state index is -4.44. The maximum Gasteiger partial charge on any atom is 0.472 e. The van der Waals surface area contributed by atoms with Gasteiger partial charge in [-0.1, -0.05) is 151 Å². The van der Waals surface area contributed by atoms with E-state index < -0.39 is 50.8 Å². The molecule has 1 unspecified atom stereocenters. The third-order valence-electron chi connectivity index (χ3n) is 8.78. The van der Waals surface area contributed by atoms with Crippen molar-refractivity contribution in [3.8, 4) is 0 Å². The summed E-state index contributed by atoms with van der Waals surface area (Å²) in [6, 6.07) is -1.01. The van der Waals surface area contributed by atoms with Gasteiger partial charge in [0.05, 0.1) is 58.2 Å². The van der Waals surface area contributed by atoms with Crippen molar-refractivity contribution >= 4 is 13.7 Å². The van der Waals surface area contributed by atoms with Crippen molar-refractivity contribution < 1.29 is 48.2 Å². The predicted molar refractivity (Wildman–Crippen MR) is 225 cm³/mol. The van der Waals surface area contributed by atoms with Gasteiger partial charge in [0.25, 0.3) is 0 Å². The van der Waals surface area contributed by atoms with Crippen LogP contribution >= 0.6 is 7.82 Å². The maximum atomic E-state index is 12.9. The fourth-order valence-electron chi connectivity index (χ4n) is 5.32. The molecule has 12 heteroatoms. The second kappa shape index (κ2) is 33.9. The van der Waals surface area contributed by atoms with E-state index in [-0.39, 0.29) is 25.9 Å². The van der Waals surface area contributed by atoms with Gasteiger partial charge in [0.1, 0.15) is 13.2 Å². The standard InChI is InChI=1S/C43H77N2O9P/c1-6-8-10-11-12-13-14-15-16-17-18-22-26-31-40(47)39(37-54-55(51,52)53-36-35-45(3,4)5)44-43(50)34-28-33-42(49)41(48)32-27-23-20-19-21-25-30-38(46)29-24-9-7-2/h9,19-21,23-27,30-32,38-42,46-49H,6-8,10-18,22,28-29,33-37H2,1-5H3,(H-,44,50,51,52)/p+1/b21-19+,23-20-,24-9-,30-25+,31-26+,32-27-/t38-,39-,40+,41+,42+/m0/s1. The average molecular weight is 798 g/mol. The van der Waals surface area contributed by atoms with E-state index in [4.69, 9.17) is 9.05 Å². The number of quaternary nitrogens is 1. The highest BCUT2D eigenvalue weighted by molar-refractivity contribution is 7.47. The molecule has 6 N–H and O–H groups in total. The molecule has 0 aliphatic heterocycles. The van der Waals surface area contributed by atoms with Crippen molar-refractivity contribution in [1.82, 2.24) is 5.32 Å². The third-order valence-corrected chi connectivity index (χ3v) is 9.76. The van der Waals surface area contributed by atoms with Crippen LogP contribution in [-0.4, -0.2) is 107 Å². The summed E-state index contributed by atoms with van der Waals surface area (Å²) in [7, 11) is 1.34. The summed E-state index contributed by atoms with van der Waals surface area (Å²) in [4.78, 5) is 23.1. The molecule has 1 amide bonds. The Labute approximate surface area is 333 Å². The van der Waals surface area contributed by atoms with Crippen LogP contribution in [-0.2, 0) is 18.4 Å². The molecule has 55 heavy (non-hydrogen) atoms. The van der Waals surface area contributed by atoms with E-state index >= 15 is 0 Å². The first kappa shape index (κ1) is 52.8. The van der Waals surface area contributed by atoms with E-state index in [1.165, 1.54) is 63.9 Å². The smallest absolute Gasteiger partial charge is 0.390 e. The Bertz CT molecular complexity index is 1180. The number of unbranched alkanes of at least 4 members (excludes halogenated alkanes) is 11. The van der Waals surface area contributed by atoms with Gasteiger partial charge >= 0.3 is 7.82 Å². The number of nitrogens with one attached hydrogen (secondary N) is 1. The average Bonchev–Trinajstić information content (AvgIpc) is 3.12. The summed E-state index contributed by atoms with van der Waals surface area (Å²) < 4.78 is 23.4. The lowest BCUT2D eigenvalue weighted by Gasteiger charge is -2.25. The lowest BCUT2D eigenvalue weighted by atomic mass is 10.0. The Morgan fingerprint density at radius 3 is 1.89 bits per heavy atom. The number of aliphatic hydroxyl groups is 4. The molecule has 0 radical (unpaired) electrons. The molecule has 0 aromatic rings. The number of phosphoric ester groups is 1. The summed E-state index contributed by atoms with van der Waals surface area (Å²) in [5, 5.41) is 44.2. The summed E-state index contributed by atoms with van der Waals surface area (Å²) in [6.45, 7) is 4.30. The minimum Gasteiger partial charge on any atom is -0.390 e. The topological polar surface area (TPSA) is 166 Å². The van der Waals surface area contributed by atoms with Crippen LogP contribution in [0.15, 0.2) is 72.9 Å². The minimum absolute atomic E-state index is 0.00222. The number of aliphatic hydroxyl groups excluding tert-OH is 4. The number of allylic oxidation sites excluding steroid dienone is 8. The monoisotopic (exact) mass is 798 g/mol. The Balaban J connectivity index is 4.88. The zero-order chi connectivity index (χ0) is 41.2. The number of phosphoric acid groups is 1. The number of carbonyl (C=O) groups is 1. The van der Waals surface area contributed by atoms with Crippen LogP contribution in [0.5, 0.6) is 0 Å². The lowest BCUT2D eigenvalue weighted by molar-refractivity contribution is -0.870. The van der Waals surface area contributed by atoms with Crippen LogP contribution in [0.25, 0.3) is 0 Å². The van der Waals surface area contributed by atoms with Crippen LogP contribution in [0, 0.1) is 0 Å². The van der Waals surface area contributed by atoms with Gasteiger partial charge in [0.2, 0.25) is 5.91 Å². The van der Waals surface area contributed by atoms with Gasteiger partial charge in [-0.05, 0) is 38.5 Å². The molecule has 0 rings (SSSR count). The van der Waals surface area contributed by atoms with Crippen molar-refractivity contribution in [2.24, 2.45) is 0 Å². The number of rotatable bonds is 35. The van der Waals surface area contributed by atoms with Crippen molar-refractivity contribution in [2.45, 2.75) is 153 Å². The fraction of sp³-hybridized carbons (Fsp3) is 0.698. The summed E-state index contributed by atoms with van der Waals surface area (Å²) >= 11 is 0. The molecule has 318 valence electrons. The van der Waals surface area contributed by atoms with Crippen molar-refractivity contribution in [1.29, 1.82) is 0 Å². The van der Waals surface area contributed by atoms with E-state index in [1.54, 1.807) is 48.6 Å². The number of nitrogens with zero attached hydrogens (tertiary/aromatic N) is 1. The number of hydrogen-bond donors (Lipinski definition) is 6. The highest BCUT2D eigenvalue weighted by atomic mass is 31.2. The zero-order valence-electron chi connectivity index (χ0n) is 34.7. The quantitative estimate of drug-likeness (QED) is 0.0124. The number of amides is 1. The van der Waals surface area contributed by atoms with Gasteiger partial charge in [-0.15, -0.1) is 0 Å². The Morgan fingerprint density at radius 2 is 1.29 bits per heavy atom. The molecule has 0 spiro atoms. The maximum absolute atomic E-state index is 12.9. The first-order valence-corrected chi connectivity index (χ1v) is 22.1. The second-order valence-electron chi connectivity index (χ2n) is 15.2. The Kier molecular flexibility index (Phi) is 32.6. The first-order chi connectivity index (χ1) is 26.2. The Morgan fingerprint density at radius 1 is 0.709 bits per heavy atom. The zero-order valence-corrected chi connectivity index (χ0v) is 35.6. The molecule has 0 saturated carbocycles. The van der Waals surface area contributed by atoms with Crippen molar-refractivity contribution in [3.05, 3.63) is 72.9 Å². The molecule has 11 nitrogen and oxygen atoms in total. The van der Waals surface area contributed by atoms with Crippen LogP contribution in [0.3, 0.4) is 0 Å². The van der Waals surface area contributed by atoms with Gasteiger partial charge in [-0.3, -0.25) is 13.8 Å². The van der Waals surface area contributed by atoms with Crippen LogP contribution in [0.2, 0.25) is 0 Å². The SMILES string of the molecule is CC/C=C\C[C@H](O)/C=C/C=C/C=C\C=C/[C@@H](O)[C@H](O)CCCC(=O)N[C@@H](COP(=O)(O)OCC[N+](C)(C)C)[C@H](O)/C=C/CCCCCCCCCCCCC. The molecule has 0 saturated heterocycles. The largest absolute Gasteiger partial charge is 0.472 e. The van der Waals surface area contributed by atoms with Crippen LogP contribution in [0.1, 0.15) is 123 Å². The summed E-state index contributed by atoms with van der Waals surface area (Å²) in [6.07, 6.45) is 33.3. The van der Waals surface area contributed by atoms with Gasteiger partial charge in [0.15, 0.2) is 0 Å². The van der Waals surface area contributed by atoms with E-state index in [2.05, 4.69) is 12.2 Å². The summed E-state index contributed by atoms with van der Waals surface area (Å²) in [5.74, 6) is -0.434. The van der Waals surface area contributed by atoms with Crippen LogP contribution < -0.4 is 5.32 Å². The number of carbonyl (C=O) groups excluding carboxylic acids is 1. The molecule has 0 aromatic carbocycles. The molecule has 0 fully saturated rings. The highest BCUT2D eigenvalue weighted by Gasteiger charge is 2.28. The van der Waals surface area contributed by atoms with E-state index in [1.807, 2.05) is 46.3 Å². The van der Waals surface area contributed by atoms with Crippen molar-refractivity contribution in [3.63, 3.8) is 0 Å². The summed E-state index contributed by atoms with van der Waals surface area (Å²) in [5.41, 5.74) is 0. The predicted octanol–water partition coefficient (Wildman–Crippen LogP) is 7.76.